The molecule has 0 amide bonds. The number of hydrogen-bond donors (Lipinski definition) is 3. The van der Waals surface area contributed by atoms with Gasteiger partial charge in [0.05, 0.1) is 12.9 Å². The summed E-state index contributed by atoms with van der Waals surface area (Å²) in [6, 6.07) is 7.60. The molecule has 0 atom stereocenters. The third-order valence-electron chi connectivity index (χ3n) is 4.17. The fraction of sp³-hybridized carbons (Fsp3) is 0.316. The highest BCUT2D eigenvalue weighted by Gasteiger charge is 2.25. The molecule has 140 valence electrons. The molecule has 1 fully saturated rings. The highest BCUT2D eigenvalue weighted by molar-refractivity contribution is 5.66. The summed E-state index contributed by atoms with van der Waals surface area (Å²) in [6.07, 6.45) is 7.73. The van der Waals surface area contributed by atoms with Gasteiger partial charge in [0, 0.05) is 37.4 Å². The SMILES string of the molecule is COCCNc1cc(Nc2cc(C3CC3)[nH]n2)nc(C=Cc2ccco2)n1. The number of ether oxygens (including phenoxy) is 1. The Bertz CT molecular complexity index is 899. The summed E-state index contributed by atoms with van der Waals surface area (Å²) in [4.78, 5) is 9.07. The molecule has 1 aliphatic rings. The molecule has 8 nitrogen and oxygen atoms in total. The van der Waals surface area contributed by atoms with Gasteiger partial charge in [0.1, 0.15) is 17.4 Å². The van der Waals surface area contributed by atoms with Crippen molar-refractivity contribution < 1.29 is 9.15 Å². The summed E-state index contributed by atoms with van der Waals surface area (Å²) in [5, 5.41) is 13.9. The minimum absolute atomic E-state index is 0.564. The van der Waals surface area contributed by atoms with Crippen molar-refractivity contribution >= 4 is 29.6 Å². The molecule has 0 radical (unpaired) electrons. The maximum atomic E-state index is 5.32. The normalized spacial score (nSPS) is 14.0. The third kappa shape index (κ3) is 4.73. The summed E-state index contributed by atoms with van der Waals surface area (Å²) >= 11 is 0. The Kier molecular flexibility index (Phi) is 5.15. The summed E-state index contributed by atoms with van der Waals surface area (Å²) in [7, 11) is 1.67. The Balaban J connectivity index is 1.53. The van der Waals surface area contributed by atoms with E-state index in [0.29, 0.717) is 36.5 Å². The van der Waals surface area contributed by atoms with Crippen LogP contribution in [-0.2, 0) is 4.74 Å². The van der Waals surface area contributed by atoms with E-state index in [2.05, 4.69) is 30.8 Å². The number of nitrogens with zero attached hydrogens (tertiary/aromatic N) is 3. The third-order valence-corrected chi connectivity index (χ3v) is 4.17. The quantitative estimate of drug-likeness (QED) is 0.497. The van der Waals surface area contributed by atoms with Crippen LogP contribution in [0.5, 0.6) is 0 Å². The van der Waals surface area contributed by atoms with E-state index in [0.717, 1.165) is 11.6 Å². The van der Waals surface area contributed by atoms with Crippen molar-refractivity contribution in [3.8, 4) is 0 Å². The highest BCUT2D eigenvalue weighted by atomic mass is 16.5. The molecule has 0 unspecified atom stereocenters. The van der Waals surface area contributed by atoms with Gasteiger partial charge < -0.3 is 19.8 Å². The molecule has 0 aromatic carbocycles. The lowest BCUT2D eigenvalue weighted by molar-refractivity contribution is 0.210. The number of hydrogen-bond acceptors (Lipinski definition) is 7. The first-order valence-corrected chi connectivity index (χ1v) is 8.96. The van der Waals surface area contributed by atoms with Gasteiger partial charge in [-0.15, -0.1) is 0 Å². The smallest absolute Gasteiger partial charge is 0.156 e. The Morgan fingerprint density at radius 2 is 2.11 bits per heavy atom. The molecule has 3 heterocycles. The van der Waals surface area contributed by atoms with Crippen LogP contribution in [-0.4, -0.2) is 40.4 Å². The van der Waals surface area contributed by atoms with Crippen molar-refractivity contribution in [2.45, 2.75) is 18.8 Å². The topological polar surface area (TPSA) is 101 Å². The molecule has 0 aliphatic heterocycles. The molecule has 27 heavy (non-hydrogen) atoms. The molecule has 0 spiro atoms. The fourth-order valence-corrected chi connectivity index (χ4v) is 2.65. The van der Waals surface area contributed by atoms with E-state index in [1.807, 2.05) is 36.4 Å². The van der Waals surface area contributed by atoms with Crippen molar-refractivity contribution in [1.82, 2.24) is 20.2 Å². The first-order valence-electron chi connectivity index (χ1n) is 8.96. The first kappa shape index (κ1) is 17.3. The summed E-state index contributed by atoms with van der Waals surface area (Å²) in [5.41, 5.74) is 1.17. The summed E-state index contributed by atoms with van der Waals surface area (Å²) in [6.45, 7) is 1.25. The maximum Gasteiger partial charge on any atom is 0.156 e. The van der Waals surface area contributed by atoms with Crippen molar-refractivity contribution in [2.75, 3.05) is 30.9 Å². The van der Waals surface area contributed by atoms with Crippen molar-refractivity contribution in [3.05, 3.63) is 47.8 Å². The monoisotopic (exact) mass is 366 g/mol. The number of rotatable bonds is 9. The van der Waals surface area contributed by atoms with Crippen LogP contribution in [0.1, 0.15) is 36.0 Å². The summed E-state index contributed by atoms with van der Waals surface area (Å²) in [5.74, 6) is 4.05. The van der Waals surface area contributed by atoms with E-state index in [4.69, 9.17) is 9.15 Å². The second kappa shape index (κ2) is 8.05. The van der Waals surface area contributed by atoms with Gasteiger partial charge in [-0.05, 0) is 37.1 Å². The van der Waals surface area contributed by atoms with Crippen molar-refractivity contribution in [2.24, 2.45) is 0 Å². The van der Waals surface area contributed by atoms with Crippen LogP contribution in [0.2, 0.25) is 0 Å². The molecule has 3 N–H and O–H groups in total. The average molecular weight is 366 g/mol. The fourth-order valence-electron chi connectivity index (χ4n) is 2.65. The van der Waals surface area contributed by atoms with Gasteiger partial charge >= 0.3 is 0 Å². The predicted molar refractivity (Wildman–Crippen MR) is 104 cm³/mol. The molecule has 1 aliphatic carbocycles. The zero-order valence-electron chi connectivity index (χ0n) is 15.1. The maximum absolute atomic E-state index is 5.32. The molecule has 0 saturated heterocycles. The Labute approximate surface area is 157 Å². The van der Waals surface area contributed by atoms with E-state index in [1.165, 1.54) is 18.5 Å². The lowest BCUT2D eigenvalue weighted by Gasteiger charge is -2.09. The van der Waals surface area contributed by atoms with E-state index in [1.54, 1.807) is 13.4 Å². The number of methoxy groups -OCH3 is 1. The molecule has 8 heteroatoms. The average Bonchev–Trinajstić information content (AvgIpc) is 3.19. The number of furan rings is 1. The number of H-pyrrole nitrogens is 1. The van der Waals surface area contributed by atoms with Crippen LogP contribution in [0.15, 0.2) is 34.9 Å². The summed E-state index contributed by atoms with van der Waals surface area (Å²) < 4.78 is 10.4. The molecular weight excluding hydrogens is 344 g/mol. The van der Waals surface area contributed by atoms with Gasteiger partial charge in [-0.2, -0.15) is 5.10 Å². The van der Waals surface area contributed by atoms with E-state index in [9.17, 15) is 0 Å². The van der Waals surface area contributed by atoms with Crippen LogP contribution < -0.4 is 10.6 Å². The Morgan fingerprint density at radius 1 is 1.22 bits per heavy atom. The predicted octanol–water partition coefficient (Wildman–Crippen LogP) is 3.64. The van der Waals surface area contributed by atoms with Gasteiger partial charge in [0.2, 0.25) is 0 Å². The van der Waals surface area contributed by atoms with Crippen LogP contribution in [0.25, 0.3) is 12.2 Å². The number of nitrogens with one attached hydrogen (secondary N) is 3. The minimum atomic E-state index is 0.564. The van der Waals surface area contributed by atoms with Gasteiger partial charge in [0.25, 0.3) is 0 Å². The van der Waals surface area contributed by atoms with Crippen molar-refractivity contribution in [1.29, 1.82) is 0 Å². The Morgan fingerprint density at radius 3 is 2.89 bits per heavy atom. The molecule has 0 bridgehead atoms. The molecule has 4 rings (SSSR count). The standard InChI is InChI=1S/C19H22N6O2/c1-26-10-8-20-17-12-18(23-19-11-15(24-25-19)13-4-5-13)22-16(21-17)7-6-14-3-2-9-27-14/h2-3,6-7,9,11-13H,4-5,8,10H2,1H3,(H3,20,21,22,23,24,25). The molecule has 3 aromatic heterocycles. The second-order valence-electron chi connectivity index (χ2n) is 6.37. The molecule has 1 saturated carbocycles. The number of aromatic amines is 1. The van der Waals surface area contributed by atoms with Gasteiger partial charge in [-0.1, -0.05) is 0 Å². The van der Waals surface area contributed by atoms with E-state index >= 15 is 0 Å². The zero-order valence-corrected chi connectivity index (χ0v) is 15.1. The number of anilines is 3. The lowest BCUT2D eigenvalue weighted by atomic mass is 10.3. The van der Waals surface area contributed by atoms with Gasteiger partial charge in [0.15, 0.2) is 11.6 Å². The van der Waals surface area contributed by atoms with Crippen LogP contribution in [0.3, 0.4) is 0 Å². The highest BCUT2D eigenvalue weighted by Crippen LogP contribution is 2.39. The largest absolute Gasteiger partial charge is 0.465 e. The van der Waals surface area contributed by atoms with Crippen LogP contribution in [0, 0.1) is 0 Å². The number of aromatic nitrogens is 4. The van der Waals surface area contributed by atoms with Crippen molar-refractivity contribution in [3.63, 3.8) is 0 Å². The zero-order chi connectivity index (χ0) is 18.5. The van der Waals surface area contributed by atoms with E-state index in [-0.39, 0.29) is 0 Å². The van der Waals surface area contributed by atoms with Gasteiger partial charge in [-0.25, -0.2) is 9.97 Å². The van der Waals surface area contributed by atoms with E-state index < -0.39 is 0 Å². The lowest BCUT2D eigenvalue weighted by Crippen LogP contribution is -2.10. The van der Waals surface area contributed by atoms with Crippen LogP contribution >= 0.6 is 0 Å². The second-order valence-corrected chi connectivity index (χ2v) is 6.37. The molecule has 3 aromatic rings. The molecular formula is C19H22N6O2. The first-order chi connectivity index (χ1) is 13.3. The minimum Gasteiger partial charge on any atom is -0.465 e. The Hall–Kier alpha value is -3.13. The van der Waals surface area contributed by atoms with Crippen LogP contribution in [0.4, 0.5) is 17.5 Å². The van der Waals surface area contributed by atoms with Gasteiger partial charge in [-0.3, -0.25) is 5.10 Å².